The number of ether oxygens (including phenoxy) is 2. The van der Waals surface area contributed by atoms with Gasteiger partial charge in [0.05, 0.1) is 19.5 Å². The second-order valence-electron chi connectivity index (χ2n) is 5.17. The van der Waals surface area contributed by atoms with E-state index in [2.05, 4.69) is 33.4 Å². The first-order valence-corrected chi connectivity index (χ1v) is 9.26. The molecule has 1 amide bonds. The Morgan fingerprint density at radius 3 is 2.25 bits per heavy atom. The second kappa shape index (κ2) is 8.99. The summed E-state index contributed by atoms with van der Waals surface area (Å²) in [7, 11) is 3.16. The zero-order valence-corrected chi connectivity index (χ0v) is 16.2. The van der Waals surface area contributed by atoms with E-state index < -0.39 is 0 Å². The highest BCUT2D eigenvalue weighted by molar-refractivity contribution is 9.10. The lowest BCUT2D eigenvalue weighted by atomic mass is 10.2. The summed E-state index contributed by atoms with van der Waals surface area (Å²) in [5.41, 5.74) is 1.85. The number of carbonyl (C=O) groups is 1. The van der Waals surface area contributed by atoms with E-state index in [4.69, 9.17) is 9.47 Å². The fourth-order valence-electron chi connectivity index (χ4n) is 2.00. The van der Waals surface area contributed by atoms with Gasteiger partial charge in [-0.15, -0.1) is 11.8 Å². The molecule has 1 N–H and O–H groups in total. The summed E-state index contributed by atoms with van der Waals surface area (Å²) in [6, 6.07) is 13.4. The van der Waals surface area contributed by atoms with E-state index in [-0.39, 0.29) is 11.2 Å². The number of hydrogen-bond acceptors (Lipinski definition) is 4. The van der Waals surface area contributed by atoms with E-state index in [9.17, 15) is 4.79 Å². The molecule has 0 bridgehead atoms. The lowest BCUT2D eigenvalue weighted by Gasteiger charge is -2.14. The molecule has 0 spiro atoms. The topological polar surface area (TPSA) is 47.6 Å². The number of benzene rings is 2. The van der Waals surface area contributed by atoms with E-state index in [1.54, 1.807) is 44.2 Å². The average Bonchev–Trinajstić information content (AvgIpc) is 2.60. The van der Waals surface area contributed by atoms with Gasteiger partial charge in [-0.2, -0.15) is 0 Å². The molecule has 1 atom stereocenters. The summed E-state index contributed by atoms with van der Waals surface area (Å²) < 4.78 is 11.5. The smallest absolute Gasteiger partial charge is 0.237 e. The fraction of sp³-hybridized carbons (Fsp3) is 0.278. The molecule has 0 aliphatic rings. The van der Waals surface area contributed by atoms with E-state index >= 15 is 0 Å². The van der Waals surface area contributed by atoms with E-state index in [0.29, 0.717) is 17.2 Å². The van der Waals surface area contributed by atoms with Crippen molar-refractivity contribution in [1.29, 1.82) is 0 Å². The molecule has 0 radical (unpaired) electrons. The summed E-state index contributed by atoms with van der Waals surface area (Å²) in [5.74, 6) is 2.01. The van der Waals surface area contributed by atoms with Crippen molar-refractivity contribution >= 4 is 39.3 Å². The van der Waals surface area contributed by atoms with Crippen LogP contribution < -0.4 is 14.8 Å². The van der Waals surface area contributed by atoms with Crippen LogP contribution in [0.5, 0.6) is 11.5 Å². The van der Waals surface area contributed by atoms with Crippen LogP contribution in [0.4, 0.5) is 5.69 Å². The molecule has 0 aliphatic carbocycles. The van der Waals surface area contributed by atoms with Gasteiger partial charge < -0.3 is 14.8 Å². The number of nitrogens with one attached hydrogen (secondary N) is 1. The first-order chi connectivity index (χ1) is 11.5. The zero-order chi connectivity index (χ0) is 17.5. The number of carbonyl (C=O) groups excluding carboxylic acids is 1. The Hall–Kier alpha value is -1.66. The molecule has 24 heavy (non-hydrogen) atoms. The normalized spacial score (nSPS) is 11.7. The fourth-order valence-corrected chi connectivity index (χ4v) is 3.11. The standard InChI is InChI=1S/C18H20BrNO3S/c1-12(24-11-13-4-6-14(19)7-5-13)18(21)20-15-8-16(22-2)10-17(9-15)23-3/h4-10,12H,11H2,1-3H3,(H,20,21)/t12-/m1/s1. The summed E-state index contributed by atoms with van der Waals surface area (Å²) >= 11 is 5.01. The summed E-state index contributed by atoms with van der Waals surface area (Å²) in [4.78, 5) is 12.4. The van der Waals surface area contributed by atoms with Crippen LogP contribution in [0, 0.1) is 0 Å². The molecule has 2 aromatic rings. The quantitative estimate of drug-likeness (QED) is 0.717. The molecule has 0 aliphatic heterocycles. The van der Waals surface area contributed by atoms with Gasteiger partial charge >= 0.3 is 0 Å². The average molecular weight is 410 g/mol. The Morgan fingerprint density at radius 2 is 1.71 bits per heavy atom. The van der Waals surface area contributed by atoms with E-state index in [0.717, 1.165) is 10.2 Å². The number of amides is 1. The van der Waals surface area contributed by atoms with Crippen molar-refractivity contribution in [3.05, 3.63) is 52.5 Å². The van der Waals surface area contributed by atoms with Crippen LogP contribution in [0.3, 0.4) is 0 Å². The molecule has 6 heteroatoms. The zero-order valence-electron chi connectivity index (χ0n) is 13.8. The predicted octanol–water partition coefficient (Wildman–Crippen LogP) is 4.73. The number of thioether (sulfide) groups is 1. The van der Waals surface area contributed by atoms with Gasteiger partial charge in [-0.25, -0.2) is 0 Å². The molecule has 128 valence electrons. The maximum absolute atomic E-state index is 12.4. The molecule has 0 heterocycles. The van der Waals surface area contributed by atoms with Crippen LogP contribution in [0.25, 0.3) is 0 Å². The Bertz CT molecular complexity index is 669. The number of methoxy groups -OCH3 is 2. The van der Waals surface area contributed by atoms with Gasteiger partial charge in [-0.05, 0) is 24.6 Å². The molecule has 4 nitrogen and oxygen atoms in total. The molecular weight excluding hydrogens is 390 g/mol. The maximum Gasteiger partial charge on any atom is 0.237 e. The van der Waals surface area contributed by atoms with Crippen LogP contribution in [0.1, 0.15) is 12.5 Å². The first kappa shape index (κ1) is 18.7. The summed E-state index contributed by atoms with van der Waals surface area (Å²) in [6.07, 6.45) is 0. The largest absolute Gasteiger partial charge is 0.497 e. The highest BCUT2D eigenvalue weighted by Gasteiger charge is 2.14. The molecule has 0 fully saturated rings. The third kappa shape index (κ3) is 5.46. The molecule has 0 aromatic heterocycles. The Kier molecular flexibility index (Phi) is 6.99. The molecule has 2 rings (SSSR count). The molecule has 0 saturated heterocycles. The minimum atomic E-state index is -0.175. The highest BCUT2D eigenvalue weighted by Crippen LogP contribution is 2.27. The van der Waals surface area contributed by atoms with Crippen molar-refractivity contribution in [3.63, 3.8) is 0 Å². The van der Waals surface area contributed by atoms with Gasteiger partial charge in [0.25, 0.3) is 0 Å². The summed E-state index contributed by atoms with van der Waals surface area (Å²) in [6.45, 7) is 1.90. The van der Waals surface area contributed by atoms with E-state index in [1.165, 1.54) is 5.56 Å². The van der Waals surface area contributed by atoms with Gasteiger partial charge in [0, 0.05) is 34.1 Å². The van der Waals surface area contributed by atoms with E-state index in [1.807, 2.05) is 19.1 Å². The Morgan fingerprint density at radius 1 is 1.12 bits per heavy atom. The van der Waals surface area contributed by atoms with Crippen LogP contribution in [-0.4, -0.2) is 25.4 Å². The van der Waals surface area contributed by atoms with Crippen molar-refractivity contribution < 1.29 is 14.3 Å². The molecule has 2 aromatic carbocycles. The molecule has 0 saturated carbocycles. The molecular formula is C18H20BrNO3S. The van der Waals surface area contributed by atoms with Gasteiger partial charge in [-0.3, -0.25) is 4.79 Å². The second-order valence-corrected chi connectivity index (χ2v) is 7.42. The minimum Gasteiger partial charge on any atom is -0.497 e. The number of rotatable bonds is 7. The van der Waals surface area contributed by atoms with Crippen molar-refractivity contribution in [2.45, 2.75) is 17.9 Å². The lowest BCUT2D eigenvalue weighted by Crippen LogP contribution is -2.22. The minimum absolute atomic E-state index is 0.0487. The Labute approximate surface area is 155 Å². The third-order valence-electron chi connectivity index (χ3n) is 3.40. The Balaban J connectivity index is 1.94. The van der Waals surface area contributed by atoms with Crippen LogP contribution in [0.2, 0.25) is 0 Å². The number of halogens is 1. The molecule has 0 unspecified atom stereocenters. The number of anilines is 1. The van der Waals surface area contributed by atoms with Crippen LogP contribution in [-0.2, 0) is 10.5 Å². The van der Waals surface area contributed by atoms with Gasteiger partial charge in [0.1, 0.15) is 11.5 Å². The first-order valence-electron chi connectivity index (χ1n) is 7.42. The van der Waals surface area contributed by atoms with Gasteiger partial charge in [0.15, 0.2) is 0 Å². The monoisotopic (exact) mass is 409 g/mol. The van der Waals surface area contributed by atoms with Crippen LogP contribution >= 0.6 is 27.7 Å². The van der Waals surface area contributed by atoms with Crippen LogP contribution in [0.15, 0.2) is 46.9 Å². The van der Waals surface area contributed by atoms with Crippen molar-refractivity contribution in [2.75, 3.05) is 19.5 Å². The van der Waals surface area contributed by atoms with Crippen molar-refractivity contribution in [2.24, 2.45) is 0 Å². The third-order valence-corrected chi connectivity index (χ3v) is 5.14. The van der Waals surface area contributed by atoms with Gasteiger partial charge in [-0.1, -0.05) is 28.1 Å². The van der Waals surface area contributed by atoms with Gasteiger partial charge in [0.2, 0.25) is 5.91 Å². The highest BCUT2D eigenvalue weighted by atomic mass is 79.9. The maximum atomic E-state index is 12.4. The summed E-state index contributed by atoms with van der Waals surface area (Å²) in [5, 5.41) is 2.73. The lowest BCUT2D eigenvalue weighted by molar-refractivity contribution is -0.115. The van der Waals surface area contributed by atoms with Crippen molar-refractivity contribution in [1.82, 2.24) is 0 Å². The predicted molar refractivity (Wildman–Crippen MR) is 103 cm³/mol. The number of hydrogen-bond donors (Lipinski definition) is 1. The SMILES string of the molecule is COc1cc(NC(=O)[C@@H](C)SCc2ccc(Br)cc2)cc(OC)c1. The van der Waals surface area contributed by atoms with Crippen molar-refractivity contribution in [3.8, 4) is 11.5 Å².